The Kier molecular flexibility index (Phi) is 4.43. The van der Waals surface area contributed by atoms with Crippen molar-refractivity contribution < 1.29 is 13.9 Å². The summed E-state index contributed by atoms with van der Waals surface area (Å²) in [6, 6.07) is 5.12. The molecule has 0 aliphatic heterocycles. The molecular weight excluding hydrogens is 257 g/mol. The van der Waals surface area contributed by atoms with Gasteiger partial charge in [-0.05, 0) is 36.0 Å². The lowest BCUT2D eigenvalue weighted by molar-refractivity contribution is 0.0595. The Morgan fingerprint density at radius 1 is 1.50 bits per heavy atom. The maximum atomic E-state index is 13.8. The first-order valence-electron chi connectivity index (χ1n) is 7.04. The molecule has 1 unspecified atom stereocenters. The first-order chi connectivity index (χ1) is 9.44. The number of benzene rings is 1. The van der Waals surface area contributed by atoms with Gasteiger partial charge in [-0.15, -0.1) is 0 Å². The smallest absolute Gasteiger partial charge is 0.340 e. The lowest BCUT2D eigenvalue weighted by atomic mass is 9.87. The molecule has 4 heteroatoms. The van der Waals surface area contributed by atoms with Gasteiger partial charge in [-0.25, -0.2) is 9.18 Å². The molecule has 1 atom stereocenters. The van der Waals surface area contributed by atoms with Crippen LogP contribution in [0.3, 0.4) is 0 Å². The summed E-state index contributed by atoms with van der Waals surface area (Å²) in [5.74, 6) is -1.17. The third-order valence-electron chi connectivity index (χ3n) is 4.25. The average molecular weight is 279 g/mol. The first-order valence-corrected chi connectivity index (χ1v) is 7.04. The molecule has 1 aromatic rings. The third-order valence-corrected chi connectivity index (χ3v) is 4.25. The number of carbonyl (C=O) groups excluding carboxylic acids is 1. The fourth-order valence-corrected chi connectivity index (χ4v) is 2.89. The van der Waals surface area contributed by atoms with E-state index < -0.39 is 11.8 Å². The molecule has 1 aliphatic carbocycles. The minimum Gasteiger partial charge on any atom is -0.465 e. The second-order valence-electron chi connectivity index (χ2n) is 6.12. The number of hydrogen-bond acceptors (Lipinski definition) is 3. The minimum absolute atomic E-state index is 0.0163. The molecule has 0 heterocycles. The van der Waals surface area contributed by atoms with Crippen LogP contribution >= 0.6 is 0 Å². The van der Waals surface area contributed by atoms with Crippen molar-refractivity contribution in [3.8, 4) is 0 Å². The molecule has 1 N–H and O–H groups in total. The van der Waals surface area contributed by atoms with Crippen LogP contribution in [-0.2, 0) is 11.3 Å². The van der Waals surface area contributed by atoms with E-state index >= 15 is 0 Å². The fourth-order valence-electron chi connectivity index (χ4n) is 2.89. The Bertz CT molecular complexity index is 499. The predicted molar refractivity (Wildman–Crippen MR) is 76.0 cm³/mol. The summed E-state index contributed by atoms with van der Waals surface area (Å²) in [6.07, 6.45) is 3.62. The van der Waals surface area contributed by atoms with E-state index in [1.54, 1.807) is 6.07 Å². The van der Waals surface area contributed by atoms with Gasteiger partial charge in [0.2, 0.25) is 0 Å². The molecule has 0 aromatic heterocycles. The molecule has 0 saturated heterocycles. The van der Waals surface area contributed by atoms with Gasteiger partial charge in [0, 0.05) is 12.6 Å². The zero-order valence-electron chi connectivity index (χ0n) is 12.3. The molecule has 1 saturated carbocycles. The van der Waals surface area contributed by atoms with Crippen molar-refractivity contribution in [1.29, 1.82) is 0 Å². The quantitative estimate of drug-likeness (QED) is 0.860. The Morgan fingerprint density at radius 2 is 2.25 bits per heavy atom. The second-order valence-corrected chi connectivity index (χ2v) is 6.12. The lowest BCUT2D eigenvalue weighted by Crippen LogP contribution is -2.37. The van der Waals surface area contributed by atoms with Crippen molar-refractivity contribution in [2.75, 3.05) is 7.11 Å². The van der Waals surface area contributed by atoms with E-state index in [9.17, 15) is 9.18 Å². The number of methoxy groups -OCH3 is 1. The molecule has 1 aromatic carbocycles. The zero-order chi connectivity index (χ0) is 14.8. The molecule has 0 spiro atoms. The van der Waals surface area contributed by atoms with Crippen molar-refractivity contribution >= 4 is 5.97 Å². The van der Waals surface area contributed by atoms with E-state index in [-0.39, 0.29) is 5.56 Å². The molecule has 1 fully saturated rings. The van der Waals surface area contributed by atoms with Crippen molar-refractivity contribution in [3.05, 3.63) is 35.1 Å². The monoisotopic (exact) mass is 279 g/mol. The highest BCUT2D eigenvalue weighted by Crippen LogP contribution is 2.37. The highest BCUT2D eigenvalue weighted by molar-refractivity contribution is 5.89. The number of esters is 1. The van der Waals surface area contributed by atoms with Crippen molar-refractivity contribution in [2.45, 2.75) is 45.7 Å². The molecule has 20 heavy (non-hydrogen) atoms. The average Bonchev–Trinajstić information content (AvgIpc) is 2.74. The molecule has 0 radical (unpaired) electrons. The number of hydrogen-bond donors (Lipinski definition) is 1. The van der Waals surface area contributed by atoms with Crippen molar-refractivity contribution in [2.24, 2.45) is 5.41 Å². The van der Waals surface area contributed by atoms with Gasteiger partial charge < -0.3 is 10.1 Å². The van der Waals surface area contributed by atoms with Crippen LogP contribution in [0.1, 0.15) is 49.0 Å². The normalized spacial score (nSPS) is 20.9. The zero-order valence-corrected chi connectivity index (χ0v) is 12.3. The molecule has 0 amide bonds. The maximum absolute atomic E-state index is 13.8. The van der Waals surface area contributed by atoms with E-state index in [1.807, 2.05) is 0 Å². The van der Waals surface area contributed by atoms with Gasteiger partial charge in [-0.3, -0.25) is 0 Å². The summed E-state index contributed by atoms with van der Waals surface area (Å²) in [7, 11) is 1.25. The van der Waals surface area contributed by atoms with Crippen molar-refractivity contribution in [1.82, 2.24) is 5.32 Å². The summed E-state index contributed by atoms with van der Waals surface area (Å²) >= 11 is 0. The molecule has 1 aliphatic rings. The molecular formula is C16H22FNO2. The molecule has 3 nitrogen and oxygen atoms in total. The summed E-state index contributed by atoms with van der Waals surface area (Å²) < 4.78 is 18.3. The van der Waals surface area contributed by atoms with Crippen LogP contribution < -0.4 is 5.32 Å². The van der Waals surface area contributed by atoms with Gasteiger partial charge in [-0.1, -0.05) is 26.3 Å². The topological polar surface area (TPSA) is 38.3 Å². The standard InChI is InChI=1S/C16H22FNO2/c1-16(2)8-4-5-14(16)18-10-11-6-7-12(13(17)9-11)15(19)20-3/h6-7,9,14,18H,4-5,8,10H2,1-3H3. The highest BCUT2D eigenvalue weighted by atomic mass is 19.1. The van der Waals surface area contributed by atoms with Gasteiger partial charge in [-0.2, -0.15) is 0 Å². The summed E-state index contributed by atoms with van der Waals surface area (Å²) in [5.41, 5.74) is 1.13. The third kappa shape index (κ3) is 3.18. The largest absolute Gasteiger partial charge is 0.465 e. The summed E-state index contributed by atoms with van der Waals surface area (Å²) in [4.78, 5) is 11.3. The van der Waals surface area contributed by atoms with Crippen LogP contribution in [0.2, 0.25) is 0 Å². The van der Waals surface area contributed by atoms with Crippen LogP contribution in [0.4, 0.5) is 4.39 Å². The second kappa shape index (κ2) is 5.92. The number of nitrogens with one attached hydrogen (secondary N) is 1. The highest BCUT2D eigenvalue weighted by Gasteiger charge is 2.33. The Hall–Kier alpha value is -1.42. The van der Waals surface area contributed by atoms with Crippen LogP contribution in [0, 0.1) is 11.2 Å². The lowest BCUT2D eigenvalue weighted by Gasteiger charge is -2.28. The number of ether oxygens (including phenoxy) is 1. The molecule has 110 valence electrons. The van der Waals surface area contributed by atoms with E-state index in [0.29, 0.717) is 18.0 Å². The summed E-state index contributed by atoms with van der Waals surface area (Å²) in [6.45, 7) is 5.14. The van der Waals surface area contributed by atoms with Gasteiger partial charge >= 0.3 is 5.97 Å². The Labute approximate surface area is 119 Å². The van der Waals surface area contributed by atoms with Crippen LogP contribution in [0.5, 0.6) is 0 Å². The number of carbonyl (C=O) groups is 1. The summed E-state index contributed by atoms with van der Waals surface area (Å²) in [5, 5.41) is 3.50. The van der Waals surface area contributed by atoms with Gasteiger partial charge in [0.1, 0.15) is 5.82 Å². The van der Waals surface area contributed by atoms with Crippen LogP contribution in [-0.4, -0.2) is 19.1 Å². The number of halogens is 1. The van der Waals surface area contributed by atoms with Gasteiger partial charge in [0.15, 0.2) is 0 Å². The minimum atomic E-state index is -0.640. The van der Waals surface area contributed by atoms with E-state index in [0.717, 1.165) is 12.0 Å². The predicted octanol–water partition coefficient (Wildman–Crippen LogP) is 3.28. The van der Waals surface area contributed by atoms with Crippen LogP contribution in [0.15, 0.2) is 18.2 Å². The molecule has 2 rings (SSSR count). The van der Waals surface area contributed by atoms with Gasteiger partial charge in [0.05, 0.1) is 12.7 Å². The van der Waals surface area contributed by atoms with E-state index in [2.05, 4.69) is 23.9 Å². The fraction of sp³-hybridized carbons (Fsp3) is 0.562. The Morgan fingerprint density at radius 3 is 2.80 bits per heavy atom. The van der Waals surface area contributed by atoms with Crippen LogP contribution in [0.25, 0.3) is 0 Å². The molecule has 0 bridgehead atoms. The van der Waals surface area contributed by atoms with Gasteiger partial charge in [0.25, 0.3) is 0 Å². The van der Waals surface area contributed by atoms with Crippen molar-refractivity contribution in [3.63, 3.8) is 0 Å². The SMILES string of the molecule is COC(=O)c1ccc(CNC2CCCC2(C)C)cc1F. The number of rotatable bonds is 4. The van der Waals surface area contributed by atoms with E-state index in [1.165, 1.54) is 32.1 Å². The Balaban J connectivity index is 2.01. The first kappa shape index (κ1) is 15.0. The maximum Gasteiger partial charge on any atom is 0.340 e. The van der Waals surface area contributed by atoms with E-state index in [4.69, 9.17) is 0 Å².